The van der Waals surface area contributed by atoms with Gasteiger partial charge in [-0.2, -0.15) is 13.2 Å². The summed E-state index contributed by atoms with van der Waals surface area (Å²) >= 11 is 0. The second kappa shape index (κ2) is 4.33. The van der Waals surface area contributed by atoms with Crippen molar-refractivity contribution in [3.05, 3.63) is 23.8 Å². The lowest BCUT2D eigenvalue weighted by Crippen LogP contribution is -2.44. The molecule has 1 aromatic carbocycles. The number of benzene rings is 1. The molecule has 0 saturated heterocycles. The van der Waals surface area contributed by atoms with Gasteiger partial charge in [0.2, 0.25) is 0 Å². The van der Waals surface area contributed by atoms with Gasteiger partial charge in [0.05, 0.1) is 12.8 Å². The minimum atomic E-state index is -4.42. The number of hydrogen-bond donors (Lipinski definition) is 2. The highest BCUT2D eigenvalue weighted by Gasteiger charge is 2.47. The van der Waals surface area contributed by atoms with Crippen LogP contribution in [0.5, 0.6) is 5.75 Å². The summed E-state index contributed by atoms with van der Waals surface area (Å²) in [4.78, 5) is 0. The van der Waals surface area contributed by atoms with Crippen LogP contribution in [-0.4, -0.2) is 24.6 Å². The maximum Gasteiger partial charge on any atom is 0.409 e. The molecule has 0 aliphatic carbocycles. The monoisotopic (exact) mass is 262 g/mol. The van der Waals surface area contributed by atoms with E-state index in [0.717, 1.165) is 5.01 Å². The number of anilines is 1. The number of aliphatic hydroxyl groups is 1. The maximum absolute atomic E-state index is 12.9. The van der Waals surface area contributed by atoms with Crippen LogP contribution in [0.4, 0.5) is 18.9 Å². The summed E-state index contributed by atoms with van der Waals surface area (Å²) in [5.74, 6) is 0.434. The predicted octanol–water partition coefficient (Wildman–Crippen LogP) is 1.96. The van der Waals surface area contributed by atoms with Crippen molar-refractivity contribution in [2.75, 3.05) is 12.1 Å². The summed E-state index contributed by atoms with van der Waals surface area (Å²) in [6.45, 7) is 1.38. The summed E-state index contributed by atoms with van der Waals surface area (Å²) < 4.78 is 43.5. The van der Waals surface area contributed by atoms with Gasteiger partial charge in [-0.15, -0.1) is 0 Å². The molecule has 2 unspecified atom stereocenters. The summed E-state index contributed by atoms with van der Waals surface area (Å²) in [6, 6.07) is 2.46. The first-order valence-electron chi connectivity index (χ1n) is 5.32. The van der Waals surface area contributed by atoms with Crippen molar-refractivity contribution in [3.8, 4) is 5.75 Å². The first-order valence-corrected chi connectivity index (χ1v) is 5.32. The minimum absolute atomic E-state index is 0.0733. The van der Waals surface area contributed by atoms with E-state index in [1.807, 2.05) is 0 Å². The van der Waals surface area contributed by atoms with Gasteiger partial charge in [-0.3, -0.25) is 5.01 Å². The van der Waals surface area contributed by atoms with Crippen molar-refractivity contribution >= 4 is 5.69 Å². The second-order valence-electron chi connectivity index (χ2n) is 4.03. The number of nitrogens with zero attached hydrogens (tertiary/aromatic N) is 1. The Morgan fingerprint density at radius 3 is 2.61 bits per heavy atom. The van der Waals surface area contributed by atoms with E-state index >= 15 is 0 Å². The second-order valence-corrected chi connectivity index (χ2v) is 4.03. The molecular weight excluding hydrogens is 249 g/mol. The van der Waals surface area contributed by atoms with E-state index in [-0.39, 0.29) is 11.3 Å². The summed E-state index contributed by atoms with van der Waals surface area (Å²) in [5, 5.41) is 10.6. The van der Waals surface area contributed by atoms with Crippen LogP contribution in [0.25, 0.3) is 0 Å². The van der Waals surface area contributed by atoms with Gasteiger partial charge >= 0.3 is 6.18 Å². The Kier molecular flexibility index (Phi) is 3.12. The SMILES string of the molecule is COc1ccc2c(c1)N(C(C)O)NC2C(F)(F)F. The van der Waals surface area contributed by atoms with Crippen molar-refractivity contribution < 1.29 is 23.0 Å². The molecule has 7 heteroatoms. The fourth-order valence-corrected chi connectivity index (χ4v) is 1.94. The number of nitrogens with one attached hydrogen (secondary N) is 1. The van der Waals surface area contributed by atoms with Gasteiger partial charge in [0.1, 0.15) is 18.0 Å². The van der Waals surface area contributed by atoms with E-state index in [4.69, 9.17) is 4.74 Å². The Morgan fingerprint density at radius 2 is 2.11 bits per heavy atom. The molecule has 4 nitrogen and oxygen atoms in total. The number of hydrogen-bond acceptors (Lipinski definition) is 4. The zero-order chi connectivity index (χ0) is 13.5. The summed E-state index contributed by atoms with van der Waals surface area (Å²) in [6.07, 6.45) is -5.50. The number of hydrazine groups is 1. The van der Waals surface area contributed by atoms with Crippen LogP contribution in [0.2, 0.25) is 0 Å². The van der Waals surface area contributed by atoms with Crippen LogP contribution < -0.4 is 15.2 Å². The van der Waals surface area contributed by atoms with Crippen molar-refractivity contribution in [1.82, 2.24) is 5.43 Å². The quantitative estimate of drug-likeness (QED) is 0.855. The number of rotatable bonds is 2. The molecule has 0 fully saturated rings. The van der Waals surface area contributed by atoms with Gasteiger partial charge in [0.15, 0.2) is 0 Å². The molecule has 0 bridgehead atoms. The van der Waals surface area contributed by atoms with Crippen molar-refractivity contribution in [2.24, 2.45) is 0 Å². The lowest BCUT2D eigenvalue weighted by Gasteiger charge is -2.24. The number of methoxy groups -OCH3 is 1. The zero-order valence-electron chi connectivity index (χ0n) is 9.82. The predicted molar refractivity (Wildman–Crippen MR) is 59.1 cm³/mol. The van der Waals surface area contributed by atoms with Gasteiger partial charge in [0, 0.05) is 11.6 Å². The van der Waals surface area contributed by atoms with Crippen molar-refractivity contribution in [1.29, 1.82) is 0 Å². The Morgan fingerprint density at radius 1 is 1.44 bits per heavy atom. The summed E-state index contributed by atoms with van der Waals surface area (Å²) in [7, 11) is 1.43. The van der Waals surface area contributed by atoms with Crippen molar-refractivity contribution in [3.63, 3.8) is 0 Å². The van der Waals surface area contributed by atoms with Crippen LogP contribution in [0.15, 0.2) is 18.2 Å². The Balaban J connectivity index is 2.47. The van der Waals surface area contributed by atoms with Crippen molar-refractivity contribution in [2.45, 2.75) is 25.4 Å². The Labute approximate surface area is 102 Å². The lowest BCUT2D eigenvalue weighted by molar-refractivity contribution is -0.156. The van der Waals surface area contributed by atoms with Crippen LogP contribution in [-0.2, 0) is 0 Å². The lowest BCUT2D eigenvalue weighted by atomic mass is 10.1. The molecule has 1 aliphatic rings. The highest BCUT2D eigenvalue weighted by molar-refractivity contribution is 5.61. The summed E-state index contributed by atoms with van der Waals surface area (Å²) in [5.41, 5.74) is 2.59. The van der Waals surface area contributed by atoms with E-state index < -0.39 is 18.4 Å². The molecule has 2 atom stereocenters. The molecule has 0 amide bonds. The van der Waals surface area contributed by atoms with Crippen LogP contribution in [0.3, 0.4) is 0 Å². The average Bonchev–Trinajstić information content (AvgIpc) is 2.66. The number of aliphatic hydroxyl groups excluding tert-OH is 1. The normalized spacial score (nSPS) is 20.8. The zero-order valence-corrected chi connectivity index (χ0v) is 9.82. The van der Waals surface area contributed by atoms with E-state index in [0.29, 0.717) is 5.75 Å². The molecule has 0 radical (unpaired) electrons. The van der Waals surface area contributed by atoms with Crippen LogP contribution in [0, 0.1) is 0 Å². The van der Waals surface area contributed by atoms with E-state index in [2.05, 4.69) is 5.43 Å². The first-order chi connectivity index (χ1) is 8.34. The van der Waals surface area contributed by atoms with Crippen LogP contribution >= 0.6 is 0 Å². The third kappa shape index (κ3) is 2.11. The third-order valence-corrected chi connectivity index (χ3v) is 2.78. The van der Waals surface area contributed by atoms with E-state index in [1.54, 1.807) is 0 Å². The van der Waals surface area contributed by atoms with Gasteiger partial charge in [0.25, 0.3) is 0 Å². The Bertz CT molecular complexity index is 448. The Hall–Kier alpha value is -1.47. The maximum atomic E-state index is 12.9. The molecule has 1 heterocycles. The number of alkyl halides is 3. The molecule has 100 valence electrons. The molecule has 2 N–H and O–H groups in total. The first kappa shape index (κ1) is 13.0. The topological polar surface area (TPSA) is 44.7 Å². The highest BCUT2D eigenvalue weighted by Crippen LogP contribution is 2.43. The molecule has 18 heavy (non-hydrogen) atoms. The van der Waals surface area contributed by atoms with Gasteiger partial charge in [-0.1, -0.05) is 6.07 Å². The molecule has 0 spiro atoms. The molecular formula is C11H13F3N2O2. The van der Waals surface area contributed by atoms with Crippen LogP contribution in [0.1, 0.15) is 18.5 Å². The molecule has 1 aromatic rings. The number of ether oxygens (including phenoxy) is 1. The molecule has 0 saturated carbocycles. The van der Waals surface area contributed by atoms with E-state index in [9.17, 15) is 18.3 Å². The third-order valence-electron chi connectivity index (χ3n) is 2.78. The van der Waals surface area contributed by atoms with E-state index in [1.165, 1.54) is 32.2 Å². The fourth-order valence-electron chi connectivity index (χ4n) is 1.94. The smallest absolute Gasteiger partial charge is 0.409 e. The molecule has 0 aromatic heterocycles. The van der Waals surface area contributed by atoms with Gasteiger partial charge in [-0.05, 0) is 13.0 Å². The number of halogens is 3. The number of fused-ring (bicyclic) bond motifs is 1. The highest BCUT2D eigenvalue weighted by atomic mass is 19.4. The fraction of sp³-hybridized carbons (Fsp3) is 0.455. The molecule has 1 aliphatic heterocycles. The standard InChI is InChI=1S/C11H13F3N2O2/c1-6(17)16-9-5-7(18-2)3-4-8(9)10(15-16)11(12,13)14/h3-6,10,15,17H,1-2H3. The minimum Gasteiger partial charge on any atom is -0.497 e. The molecule has 2 rings (SSSR count). The van der Waals surface area contributed by atoms with Gasteiger partial charge < -0.3 is 9.84 Å². The largest absolute Gasteiger partial charge is 0.497 e. The van der Waals surface area contributed by atoms with Gasteiger partial charge in [-0.25, -0.2) is 5.43 Å². The average molecular weight is 262 g/mol.